The molecular weight excluding hydrogens is 473 g/mol. The monoisotopic (exact) mass is 494 g/mol. The van der Waals surface area contributed by atoms with Gasteiger partial charge in [0.05, 0.1) is 10.5 Å². The van der Waals surface area contributed by atoms with Gasteiger partial charge in [-0.15, -0.1) is 4.83 Å². The van der Waals surface area contributed by atoms with Crippen LogP contribution in [-0.2, 0) is 21.0 Å². The first-order valence-electron chi connectivity index (χ1n) is 9.94. The van der Waals surface area contributed by atoms with E-state index in [1.165, 1.54) is 55.5 Å². The maximum absolute atomic E-state index is 12.6. The number of halogens is 3. The standard InChI is InChI=1S/C23H21F3N2O5S/c1-15-3-13-21(14-4-15)34(30,31)28-27-22(29)16(2)32-18-9-11-20(12-10-18)33-19-7-5-17(6-8-19)23(24,25)26/h3-14,16,28H,1-2H3,(H,27,29)/t16-/m1/s1. The molecule has 0 saturated heterocycles. The molecule has 34 heavy (non-hydrogen) atoms. The highest BCUT2D eigenvalue weighted by Crippen LogP contribution is 2.31. The molecule has 11 heteroatoms. The molecule has 0 fully saturated rings. The number of amides is 1. The van der Waals surface area contributed by atoms with Crippen LogP contribution in [0.3, 0.4) is 0 Å². The number of carbonyl (C=O) groups excluding carboxylic acids is 1. The first-order valence-corrected chi connectivity index (χ1v) is 11.4. The zero-order valence-electron chi connectivity index (χ0n) is 18.1. The molecule has 0 bridgehead atoms. The average molecular weight is 494 g/mol. The molecule has 0 spiro atoms. The van der Waals surface area contributed by atoms with Crippen LogP contribution >= 0.6 is 0 Å². The predicted octanol–water partition coefficient (Wildman–Crippen LogP) is 4.58. The number of sulfonamides is 1. The maximum Gasteiger partial charge on any atom is 0.416 e. The third-order valence-electron chi connectivity index (χ3n) is 4.56. The fourth-order valence-corrected chi connectivity index (χ4v) is 3.53. The number of hydrogen-bond donors (Lipinski definition) is 2. The van der Waals surface area contributed by atoms with Gasteiger partial charge in [-0.25, -0.2) is 8.42 Å². The quantitative estimate of drug-likeness (QED) is 0.447. The second-order valence-corrected chi connectivity index (χ2v) is 8.95. The smallest absolute Gasteiger partial charge is 0.416 e. The molecule has 0 aliphatic rings. The number of hydrazine groups is 1. The van der Waals surface area contributed by atoms with Crippen LogP contribution in [0.5, 0.6) is 17.2 Å². The van der Waals surface area contributed by atoms with E-state index < -0.39 is 33.8 Å². The number of ether oxygens (including phenoxy) is 2. The second-order valence-electron chi connectivity index (χ2n) is 7.26. The zero-order chi connectivity index (χ0) is 24.9. The second kappa shape index (κ2) is 10.1. The first kappa shape index (κ1) is 25.1. The number of rotatable bonds is 8. The van der Waals surface area contributed by atoms with Crippen molar-refractivity contribution in [3.8, 4) is 17.2 Å². The van der Waals surface area contributed by atoms with Gasteiger partial charge in [-0.1, -0.05) is 17.7 Å². The Bertz CT molecular complexity index is 1230. The molecule has 1 amide bonds. The van der Waals surface area contributed by atoms with E-state index in [-0.39, 0.29) is 10.6 Å². The molecule has 1 atom stereocenters. The summed E-state index contributed by atoms with van der Waals surface area (Å²) in [5.41, 5.74) is 2.22. The molecule has 3 aromatic carbocycles. The van der Waals surface area contributed by atoms with E-state index in [1.807, 2.05) is 11.8 Å². The highest BCUT2D eigenvalue weighted by molar-refractivity contribution is 7.89. The SMILES string of the molecule is Cc1ccc(S(=O)(=O)NNC(=O)[C@@H](C)Oc2ccc(Oc3ccc(C(F)(F)F)cc3)cc2)cc1. The fourth-order valence-electron chi connectivity index (χ4n) is 2.69. The Morgan fingerprint density at radius 3 is 1.88 bits per heavy atom. The summed E-state index contributed by atoms with van der Waals surface area (Å²) in [7, 11) is -3.94. The van der Waals surface area contributed by atoms with E-state index in [0.29, 0.717) is 11.5 Å². The molecule has 2 N–H and O–H groups in total. The third kappa shape index (κ3) is 6.72. The summed E-state index contributed by atoms with van der Waals surface area (Å²) in [5.74, 6) is 0.134. The van der Waals surface area contributed by atoms with Crippen molar-refractivity contribution in [1.29, 1.82) is 0 Å². The predicted molar refractivity (Wildman–Crippen MR) is 118 cm³/mol. The zero-order valence-corrected chi connectivity index (χ0v) is 18.9. The molecule has 7 nitrogen and oxygen atoms in total. The van der Waals surface area contributed by atoms with Gasteiger partial charge in [0, 0.05) is 0 Å². The summed E-state index contributed by atoms with van der Waals surface area (Å²) in [4.78, 5) is 14.2. The minimum Gasteiger partial charge on any atom is -0.481 e. The van der Waals surface area contributed by atoms with Crippen molar-refractivity contribution in [2.75, 3.05) is 0 Å². The Morgan fingerprint density at radius 1 is 0.853 bits per heavy atom. The number of nitrogens with one attached hydrogen (secondary N) is 2. The van der Waals surface area contributed by atoms with Crippen molar-refractivity contribution in [2.24, 2.45) is 0 Å². The van der Waals surface area contributed by atoms with Crippen LogP contribution in [0, 0.1) is 6.92 Å². The number of carbonyl (C=O) groups is 1. The molecule has 0 aliphatic carbocycles. The van der Waals surface area contributed by atoms with E-state index in [0.717, 1.165) is 17.7 Å². The lowest BCUT2D eigenvalue weighted by molar-refractivity contribution is -0.137. The number of hydrogen-bond acceptors (Lipinski definition) is 5. The lowest BCUT2D eigenvalue weighted by Crippen LogP contribution is -2.47. The topological polar surface area (TPSA) is 93.7 Å². The van der Waals surface area contributed by atoms with Gasteiger partial charge in [0.1, 0.15) is 17.2 Å². The Morgan fingerprint density at radius 2 is 1.35 bits per heavy atom. The lowest BCUT2D eigenvalue weighted by Gasteiger charge is -2.16. The molecule has 3 aromatic rings. The van der Waals surface area contributed by atoms with Gasteiger partial charge in [-0.2, -0.15) is 13.2 Å². The molecule has 0 unspecified atom stereocenters. The maximum atomic E-state index is 12.6. The van der Waals surface area contributed by atoms with Crippen molar-refractivity contribution < 1.29 is 35.9 Å². The van der Waals surface area contributed by atoms with Crippen LogP contribution in [0.4, 0.5) is 13.2 Å². The van der Waals surface area contributed by atoms with E-state index in [9.17, 15) is 26.4 Å². The van der Waals surface area contributed by atoms with E-state index in [2.05, 4.69) is 5.43 Å². The van der Waals surface area contributed by atoms with Crippen molar-refractivity contribution >= 4 is 15.9 Å². The lowest BCUT2D eigenvalue weighted by atomic mass is 10.2. The van der Waals surface area contributed by atoms with Crippen LogP contribution in [0.25, 0.3) is 0 Å². The van der Waals surface area contributed by atoms with Gasteiger partial charge in [0.25, 0.3) is 15.9 Å². The number of benzene rings is 3. The van der Waals surface area contributed by atoms with Crippen LogP contribution in [0.15, 0.2) is 77.7 Å². The minimum atomic E-state index is -4.43. The van der Waals surface area contributed by atoms with Gasteiger partial charge in [0.2, 0.25) is 0 Å². The van der Waals surface area contributed by atoms with Crippen LogP contribution in [-0.4, -0.2) is 20.4 Å². The Kier molecular flexibility index (Phi) is 7.48. The molecule has 3 rings (SSSR count). The Hall–Kier alpha value is -3.57. The Balaban J connectivity index is 1.53. The highest BCUT2D eigenvalue weighted by atomic mass is 32.2. The fraction of sp³-hybridized carbons (Fsp3) is 0.174. The van der Waals surface area contributed by atoms with Crippen LogP contribution < -0.4 is 19.7 Å². The highest BCUT2D eigenvalue weighted by Gasteiger charge is 2.30. The summed E-state index contributed by atoms with van der Waals surface area (Å²) < 4.78 is 73.4. The third-order valence-corrected chi connectivity index (χ3v) is 5.83. The number of aryl methyl sites for hydroxylation is 1. The normalized spacial score (nSPS) is 12.6. The molecule has 0 aliphatic heterocycles. The van der Waals surface area contributed by atoms with Crippen molar-refractivity contribution in [3.63, 3.8) is 0 Å². The summed E-state index contributed by atoms with van der Waals surface area (Å²) in [5, 5.41) is 0. The van der Waals surface area contributed by atoms with Gasteiger partial charge < -0.3 is 9.47 Å². The molecule has 0 radical (unpaired) electrons. The van der Waals surface area contributed by atoms with Crippen molar-refractivity contribution in [1.82, 2.24) is 10.3 Å². The van der Waals surface area contributed by atoms with Gasteiger partial charge in [-0.05, 0) is 74.5 Å². The van der Waals surface area contributed by atoms with Gasteiger partial charge in [-0.3, -0.25) is 10.2 Å². The summed E-state index contributed by atoms with van der Waals surface area (Å²) in [6.07, 6.45) is -5.47. The van der Waals surface area contributed by atoms with Crippen LogP contribution in [0.2, 0.25) is 0 Å². The molecular formula is C23H21F3N2O5S. The number of alkyl halides is 3. The van der Waals surface area contributed by atoms with E-state index >= 15 is 0 Å². The van der Waals surface area contributed by atoms with E-state index in [1.54, 1.807) is 12.1 Å². The van der Waals surface area contributed by atoms with Crippen molar-refractivity contribution in [2.45, 2.75) is 31.0 Å². The van der Waals surface area contributed by atoms with E-state index in [4.69, 9.17) is 9.47 Å². The summed E-state index contributed by atoms with van der Waals surface area (Å²) in [6.45, 7) is 3.25. The van der Waals surface area contributed by atoms with Crippen LogP contribution in [0.1, 0.15) is 18.1 Å². The summed E-state index contributed by atoms with van der Waals surface area (Å²) in [6, 6.07) is 16.4. The first-order chi connectivity index (χ1) is 15.9. The summed E-state index contributed by atoms with van der Waals surface area (Å²) >= 11 is 0. The average Bonchev–Trinajstić information content (AvgIpc) is 2.79. The largest absolute Gasteiger partial charge is 0.481 e. The van der Waals surface area contributed by atoms with Crippen molar-refractivity contribution in [3.05, 3.63) is 83.9 Å². The molecule has 0 saturated carbocycles. The molecule has 0 aromatic heterocycles. The molecule has 0 heterocycles. The van der Waals surface area contributed by atoms with Gasteiger partial charge >= 0.3 is 6.18 Å². The molecule has 180 valence electrons. The van der Waals surface area contributed by atoms with Gasteiger partial charge in [0.15, 0.2) is 6.10 Å². The minimum absolute atomic E-state index is 0.00407. The Labute approximate surface area is 194 Å².